The minimum atomic E-state index is -1.57. The molecule has 3 aliphatic rings. The first-order valence-corrected chi connectivity index (χ1v) is 19.5. The third-order valence-corrected chi connectivity index (χ3v) is 9.35. The van der Waals surface area contributed by atoms with Gasteiger partial charge in [0.25, 0.3) is 5.69 Å². The lowest BCUT2D eigenvalue weighted by Gasteiger charge is -2.46. The maximum atomic E-state index is 13.3. The Morgan fingerprint density at radius 2 is 1.77 bits per heavy atom. The maximum Gasteiger partial charge on any atom is 0.407 e. The third-order valence-electron chi connectivity index (χ3n) is 9.35. The van der Waals surface area contributed by atoms with Crippen LogP contribution in [0, 0.1) is 16.0 Å². The van der Waals surface area contributed by atoms with Gasteiger partial charge in [-0.3, -0.25) is 14.9 Å². The number of amides is 3. The average molecular weight is 810 g/mol. The summed E-state index contributed by atoms with van der Waals surface area (Å²) in [6.45, 7) is 7.29. The van der Waals surface area contributed by atoms with Crippen LogP contribution < -0.4 is 21.3 Å². The summed E-state index contributed by atoms with van der Waals surface area (Å²) >= 11 is 0. The van der Waals surface area contributed by atoms with Crippen molar-refractivity contribution in [3.05, 3.63) is 51.8 Å². The Morgan fingerprint density at radius 1 is 1.05 bits per heavy atom. The summed E-state index contributed by atoms with van der Waals surface area (Å²) in [5.41, 5.74) is -0.384. The van der Waals surface area contributed by atoms with Gasteiger partial charge in [-0.15, -0.1) is 0 Å². The van der Waals surface area contributed by atoms with Crippen LogP contribution in [0.1, 0.15) is 78.2 Å². The lowest BCUT2D eigenvalue weighted by molar-refractivity contribution is -0.384. The number of allylic oxidation sites excluding steroid dienone is 1. The number of carbonyl (C=O) groups excluding carboxylic acids is 3. The van der Waals surface area contributed by atoms with Crippen molar-refractivity contribution in [2.45, 2.75) is 134 Å². The Balaban J connectivity index is 1.54. The zero-order chi connectivity index (χ0) is 41.5. The van der Waals surface area contributed by atoms with E-state index in [2.05, 4.69) is 21.3 Å². The molecule has 1 aliphatic heterocycles. The highest BCUT2D eigenvalue weighted by Crippen LogP contribution is 2.31. The number of ether oxygens (including phenoxy) is 6. The number of aliphatic hydroxyl groups excluding tert-OH is 3. The first-order chi connectivity index (χ1) is 27.1. The second-order valence-electron chi connectivity index (χ2n) is 15.3. The number of nitro groups is 1. The molecule has 1 aromatic rings. The Hall–Kier alpha value is -4.11. The van der Waals surface area contributed by atoms with Gasteiger partial charge in [0.2, 0.25) is 5.91 Å². The van der Waals surface area contributed by atoms with Crippen molar-refractivity contribution >= 4 is 23.8 Å². The fourth-order valence-electron chi connectivity index (χ4n) is 6.28. The van der Waals surface area contributed by atoms with Gasteiger partial charge in [-0.05, 0) is 89.1 Å². The summed E-state index contributed by atoms with van der Waals surface area (Å²) in [7, 11) is 0. The molecular weight excluding hydrogens is 750 g/mol. The Morgan fingerprint density at radius 3 is 2.42 bits per heavy atom. The van der Waals surface area contributed by atoms with E-state index in [0.29, 0.717) is 36.6 Å². The molecule has 2 aliphatic carbocycles. The highest BCUT2D eigenvalue weighted by molar-refractivity contribution is 5.77. The quantitative estimate of drug-likeness (QED) is 0.0534. The molecule has 8 atom stereocenters. The zero-order valence-corrected chi connectivity index (χ0v) is 33.1. The Kier molecular flexibility index (Phi) is 17.7. The number of nitrogens with one attached hydrogen (secondary N) is 4. The van der Waals surface area contributed by atoms with Gasteiger partial charge in [0.15, 0.2) is 12.6 Å². The van der Waals surface area contributed by atoms with E-state index in [1.54, 1.807) is 27.7 Å². The van der Waals surface area contributed by atoms with Crippen molar-refractivity contribution < 1.29 is 63.0 Å². The molecule has 1 heterocycles. The van der Waals surface area contributed by atoms with Crippen LogP contribution in [0.25, 0.3) is 0 Å². The first kappa shape index (κ1) is 45.6. The molecule has 2 fully saturated rings. The molecule has 0 unspecified atom stereocenters. The van der Waals surface area contributed by atoms with Crippen LogP contribution in [0.15, 0.2) is 36.1 Å². The molecule has 0 bridgehead atoms. The van der Waals surface area contributed by atoms with Gasteiger partial charge in [-0.2, -0.15) is 0 Å². The highest BCUT2D eigenvalue weighted by Gasteiger charge is 2.49. The predicted molar refractivity (Wildman–Crippen MR) is 202 cm³/mol. The summed E-state index contributed by atoms with van der Waals surface area (Å²) < 4.78 is 35.1. The Bertz CT molecular complexity index is 1490. The first-order valence-electron chi connectivity index (χ1n) is 19.5. The standard InChI is InChI=1S/C38H59N5O14/c1-5-29(45)35(52-18-17-44)56-34-27(41-30(46)15-16-40-36(48)57-38(2,3)4)19-28(42-37(49)53-22-24-11-13-25(14-12-24)43(50)51)33(32(34)47)55-31-8-6-7-26(54-31)21-39-20-23-9-10-23/h7,11-14,23,27-29,31-35,39,44-45,47H,5-6,8-10,15-22H2,1-4H3,(H,40,48)(H,41,46)(H,42,49)/t27-,28+,29-,31-,32+,33-,34+,35-/m1/s1. The molecule has 3 amide bonds. The van der Waals surface area contributed by atoms with Gasteiger partial charge in [0.05, 0.1) is 36.8 Å². The van der Waals surface area contributed by atoms with E-state index in [9.17, 15) is 39.8 Å². The van der Waals surface area contributed by atoms with Gasteiger partial charge >= 0.3 is 12.2 Å². The van der Waals surface area contributed by atoms with Crippen molar-refractivity contribution in [2.24, 2.45) is 5.92 Å². The van der Waals surface area contributed by atoms with Crippen LogP contribution in [0.4, 0.5) is 15.3 Å². The smallest absolute Gasteiger partial charge is 0.407 e. The topological polar surface area (TPSA) is 259 Å². The van der Waals surface area contributed by atoms with E-state index >= 15 is 0 Å². The van der Waals surface area contributed by atoms with Crippen LogP contribution in [0.3, 0.4) is 0 Å². The van der Waals surface area contributed by atoms with Gasteiger partial charge < -0.3 is 65.0 Å². The molecule has 19 nitrogen and oxygen atoms in total. The third kappa shape index (κ3) is 15.6. The monoisotopic (exact) mass is 809 g/mol. The fourth-order valence-corrected chi connectivity index (χ4v) is 6.28. The molecule has 7 N–H and O–H groups in total. The van der Waals surface area contributed by atoms with E-state index < -0.39 is 77.7 Å². The van der Waals surface area contributed by atoms with Crippen LogP contribution in [0.5, 0.6) is 0 Å². The minimum absolute atomic E-state index is 0.0719. The second-order valence-corrected chi connectivity index (χ2v) is 15.3. The summed E-state index contributed by atoms with van der Waals surface area (Å²) in [6.07, 6.45) is -3.67. The lowest BCUT2D eigenvalue weighted by Crippen LogP contribution is -2.67. The van der Waals surface area contributed by atoms with Crippen molar-refractivity contribution in [2.75, 3.05) is 32.8 Å². The predicted octanol–water partition coefficient (Wildman–Crippen LogP) is 2.25. The molecule has 2 saturated carbocycles. The number of rotatable bonds is 21. The van der Waals surface area contributed by atoms with Crippen LogP contribution in [0.2, 0.25) is 0 Å². The summed E-state index contributed by atoms with van der Waals surface area (Å²) in [5, 5.41) is 54.9. The number of aliphatic hydroxyl groups is 3. The molecule has 19 heteroatoms. The van der Waals surface area contributed by atoms with Gasteiger partial charge in [-0.25, -0.2) is 9.59 Å². The fraction of sp³-hybridized carbons (Fsp3) is 0.711. The number of hydrogen-bond acceptors (Lipinski definition) is 15. The largest absolute Gasteiger partial charge is 0.468 e. The molecule has 0 radical (unpaired) electrons. The van der Waals surface area contributed by atoms with Crippen LogP contribution >= 0.6 is 0 Å². The van der Waals surface area contributed by atoms with Crippen LogP contribution in [-0.2, 0) is 39.8 Å². The SMILES string of the molecule is CC[C@@H](O)[C@H](OCCO)O[C@@H]1[C@@H](O)[C@H](O[C@@H]2CCC=C(CNCC3CC3)O2)[C@@H](NC(=O)OCc2ccc([N+](=O)[O-])cc2)C[C@H]1NC(=O)CCNC(=O)OC(C)(C)C. The second kappa shape index (κ2) is 22.2. The van der Waals surface area contributed by atoms with E-state index in [-0.39, 0.29) is 51.3 Å². The Labute approximate surface area is 332 Å². The molecule has 1 aromatic carbocycles. The van der Waals surface area contributed by atoms with E-state index in [1.165, 1.54) is 37.1 Å². The van der Waals surface area contributed by atoms with Crippen LogP contribution in [-0.4, -0.2) is 126 Å². The normalized spacial score (nSPS) is 24.6. The molecular formula is C38H59N5O14. The summed E-state index contributed by atoms with van der Waals surface area (Å²) in [6, 6.07) is 3.46. The van der Waals surface area contributed by atoms with E-state index in [1.807, 2.05) is 6.08 Å². The maximum absolute atomic E-state index is 13.3. The van der Waals surface area contributed by atoms with Crippen molar-refractivity contribution in [3.63, 3.8) is 0 Å². The minimum Gasteiger partial charge on any atom is -0.468 e. The van der Waals surface area contributed by atoms with Gasteiger partial charge in [0, 0.05) is 31.5 Å². The molecule has 0 saturated heterocycles. The van der Waals surface area contributed by atoms with Crippen molar-refractivity contribution in [1.82, 2.24) is 21.3 Å². The number of nitrogens with zero attached hydrogens (tertiary/aromatic N) is 1. The number of carbonyl (C=O) groups is 3. The molecule has 320 valence electrons. The number of alkyl carbamates (subject to hydrolysis) is 2. The van der Waals surface area contributed by atoms with E-state index in [0.717, 1.165) is 6.54 Å². The number of hydrogen-bond donors (Lipinski definition) is 7. The number of nitro benzene ring substituents is 1. The molecule has 0 aromatic heterocycles. The lowest BCUT2D eigenvalue weighted by atomic mass is 9.83. The molecule has 4 rings (SSSR count). The number of benzene rings is 1. The average Bonchev–Trinajstić information content (AvgIpc) is 3.99. The van der Waals surface area contributed by atoms with Crippen molar-refractivity contribution in [3.8, 4) is 0 Å². The highest BCUT2D eigenvalue weighted by atomic mass is 16.7. The summed E-state index contributed by atoms with van der Waals surface area (Å²) in [4.78, 5) is 49.3. The van der Waals surface area contributed by atoms with E-state index in [4.69, 9.17) is 28.4 Å². The van der Waals surface area contributed by atoms with Gasteiger partial charge in [-0.1, -0.05) is 6.92 Å². The van der Waals surface area contributed by atoms with Gasteiger partial charge in [0.1, 0.15) is 42.4 Å². The zero-order valence-electron chi connectivity index (χ0n) is 33.1. The van der Waals surface area contributed by atoms with Crippen molar-refractivity contribution in [1.29, 1.82) is 0 Å². The molecule has 0 spiro atoms. The molecule has 57 heavy (non-hydrogen) atoms. The summed E-state index contributed by atoms with van der Waals surface area (Å²) in [5.74, 6) is 0.794. The number of non-ortho nitro benzene ring substituents is 1.